The molecule has 106 valence electrons. The summed E-state index contributed by atoms with van der Waals surface area (Å²) >= 11 is 0. The third-order valence-electron chi connectivity index (χ3n) is 3.03. The number of carbonyl (C=O) groups excluding carboxylic acids is 1. The zero-order valence-corrected chi connectivity index (χ0v) is 12.1. The quantitative estimate of drug-likeness (QED) is 0.769. The second kappa shape index (κ2) is 7.79. The highest BCUT2D eigenvalue weighted by molar-refractivity contribution is 5.83. The van der Waals surface area contributed by atoms with Crippen LogP contribution in [-0.4, -0.2) is 33.3 Å². The summed E-state index contributed by atoms with van der Waals surface area (Å²) in [6, 6.07) is 7.65. The summed E-state index contributed by atoms with van der Waals surface area (Å²) in [5.41, 5.74) is 1.01. The summed E-state index contributed by atoms with van der Waals surface area (Å²) in [7, 11) is 3.25. The lowest BCUT2D eigenvalue weighted by atomic mass is 9.87. The first-order valence-electron chi connectivity index (χ1n) is 6.50. The molecule has 0 bridgehead atoms. The molecule has 1 unspecified atom stereocenters. The van der Waals surface area contributed by atoms with Crippen molar-refractivity contribution in [2.24, 2.45) is 5.92 Å². The smallest absolute Gasteiger partial charge is 0.227 e. The minimum atomic E-state index is -0.150. The van der Waals surface area contributed by atoms with E-state index in [4.69, 9.17) is 9.47 Å². The minimum absolute atomic E-state index is 0.0391. The van der Waals surface area contributed by atoms with Gasteiger partial charge in [-0.3, -0.25) is 4.79 Å². The van der Waals surface area contributed by atoms with E-state index in [2.05, 4.69) is 5.32 Å². The van der Waals surface area contributed by atoms with E-state index < -0.39 is 0 Å². The first kappa shape index (κ1) is 15.5. The van der Waals surface area contributed by atoms with E-state index in [9.17, 15) is 4.79 Å². The summed E-state index contributed by atoms with van der Waals surface area (Å²) in [5, 5.41) is 2.90. The standard InChI is InChI=1S/C15H23NO3/c1-11(2)14(15(17)16-9-10-18-3)12-5-7-13(19-4)8-6-12/h5-8,11,14H,9-10H2,1-4H3,(H,16,17). The molecule has 4 heteroatoms. The molecule has 1 aromatic carbocycles. The fourth-order valence-electron chi connectivity index (χ4n) is 2.04. The van der Waals surface area contributed by atoms with Crippen molar-refractivity contribution in [3.8, 4) is 5.75 Å². The molecule has 1 aromatic rings. The van der Waals surface area contributed by atoms with Gasteiger partial charge in [-0.25, -0.2) is 0 Å². The summed E-state index contributed by atoms with van der Waals surface area (Å²) < 4.78 is 10.1. The lowest BCUT2D eigenvalue weighted by Gasteiger charge is -2.21. The van der Waals surface area contributed by atoms with Gasteiger partial charge in [0.25, 0.3) is 0 Å². The molecule has 0 saturated carbocycles. The average molecular weight is 265 g/mol. The zero-order chi connectivity index (χ0) is 14.3. The first-order valence-corrected chi connectivity index (χ1v) is 6.50. The van der Waals surface area contributed by atoms with E-state index >= 15 is 0 Å². The van der Waals surface area contributed by atoms with Crippen LogP contribution in [-0.2, 0) is 9.53 Å². The molecule has 1 N–H and O–H groups in total. The Morgan fingerprint density at radius 3 is 2.32 bits per heavy atom. The summed E-state index contributed by atoms with van der Waals surface area (Å²) in [4.78, 5) is 12.2. The van der Waals surface area contributed by atoms with Crippen LogP contribution >= 0.6 is 0 Å². The molecule has 1 atom stereocenters. The van der Waals surface area contributed by atoms with Crippen molar-refractivity contribution in [2.75, 3.05) is 27.4 Å². The molecule has 0 aliphatic rings. The van der Waals surface area contributed by atoms with Crippen molar-refractivity contribution in [1.29, 1.82) is 0 Å². The molecular formula is C15H23NO3. The van der Waals surface area contributed by atoms with Crippen LogP contribution in [0.15, 0.2) is 24.3 Å². The van der Waals surface area contributed by atoms with Crippen LogP contribution in [0, 0.1) is 5.92 Å². The van der Waals surface area contributed by atoms with Crippen LogP contribution in [0.5, 0.6) is 5.75 Å². The van der Waals surface area contributed by atoms with Gasteiger partial charge in [0.1, 0.15) is 5.75 Å². The fraction of sp³-hybridized carbons (Fsp3) is 0.533. The van der Waals surface area contributed by atoms with Gasteiger partial charge >= 0.3 is 0 Å². The molecule has 0 aliphatic heterocycles. The van der Waals surface area contributed by atoms with Gasteiger partial charge < -0.3 is 14.8 Å². The molecular weight excluding hydrogens is 242 g/mol. The number of benzene rings is 1. The molecule has 0 radical (unpaired) electrons. The van der Waals surface area contributed by atoms with Crippen molar-refractivity contribution in [2.45, 2.75) is 19.8 Å². The van der Waals surface area contributed by atoms with Crippen molar-refractivity contribution in [1.82, 2.24) is 5.32 Å². The molecule has 0 heterocycles. The maximum Gasteiger partial charge on any atom is 0.227 e. The van der Waals surface area contributed by atoms with Crippen LogP contribution in [0.3, 0.4) is 0 Å². The van der Waals surface area contributed by atoms with Gasteiger partial charge in [0.2, 0.25) is 5.91 Å². The Morgan fingerprint density at radius 1 is 1.21 bits per heavy atom. The van der Waals surface area contributed by atoms with Gasteiger partial charge in [0, 0.05) is 13.7 Å². The molecule has 4 nitrogen and oxygen atoms in total. The predicted octanol–water partition coefficient (Wildman–Crippen LogP) is 2.20. The summed E-state index contributed by atoms with van der Waals surface area (Å²) in [6.07, 6.45) is 0. The number of nitrogens with one attached hydrogen (secondary N) is 1. The van der Waals surface area contributed by atoms with Gasteiger partial charge in [0.15, 0.2) is 0 Å². The Balaban J connectivity index is 2.78. The van der Waals surface area contributed by atoms with Crippen molar-refractivity contribution in [3.63, 3.8) is 0 Å². The fourth-order valence-corrected chi connectivity index (χ4v) is 2.04. The Hall–Kier alpha value is -1.55. The van der Waals surface area contributed by atoms with Crippen LogP contribution in [0.2, 0.25) is 0 Å². The van der Waals surface area contributed by atoms with E-state index in [1.807, 2.05) is 38.1 Å². The van der Waals surface area contributed by atoms with Crippen LogP contribution in [0.1, 0.15) is 25.3 Å². The molecule has 0 spiro atoms. The SMILES string of the molecule is COCCNC(=O)C(c1ccc(OC)cc1)C(C)C. The highest BCUT2D eigenvalue weighted by Gasteiger charge is 2.23. The van der Waals surface area contributed by atoms with Crippen LogP contribution in [0.25, 0.3) is 0 Å². The van der Waals surface area contributed by atoms with E-state index in [0.717, 1.165) is 11.3 Å². The average Bonchev–Trinajstić information content (AvgIpc) is 2.39. The lowest BCUT2D eigenvalue weighted by Crippen LogP contribution is -2.34. The van der Waals surface area contributed by atoms with E-state index in [1.54, 1.807) is 14.2 Å². The highest BCUT2D eigenvalue weighted by atomic mass is 16.5. The zero-order valence-electron chi connectivity index (χ0n) is 12.1. The second-order valence-corrected chi connectivity index (χ2v) is 4.78. The normalized spacial score (nSPS) is 12.3. The van der Waals surface area contributed by atoms with E-state index in [-0.39, 0.29) is 17.7 Å². The van der Waals surface area contributed by atoms with Crippen LogP contribution < -0.4 is 10.1 Å². The number of carbonyl (C=O) groups is 1. The summed E-state index contributed by atoms with van der Waals surface area (Å²) in [5.74, 6) is 0.918. The van der Waals surface area contributed by atoms with Gasteiger partial charge in [-0.1, -0.05) is 26.0 Å². The Morgan fingerprint density at radius 2 is 1.84 bits per heavy atom. The first-order chi connectivity index (χ1) is 9.10. The number of hydrogen-bond acceptors (Lipinski definition) is 3. The van der Waals surface area contributed by atoms with E-state index in [1.165, 1.54) is 0 Å². The third kappa shape index (κ3) is 4.56. The highest BCUT2D eigenvalue weighted by Crippen LogP contribution is 2.26. The lowest BCUT2D eigenvalue weighted by molar-refractivity contribution is -0.123. The van der Waals surface area contributed by atoms with Crippen molar-refractivity contribution < 1.29 is 14.3 Å². The topological polar surface area (TPSA) is 47.6 Å². The molecule has 0 aliphatic carbocycles. The van der Waals surface area contributed by atoms with Crippen LogP contribution in [0.4, 0.5) is 0 Å². The Bertz CT molecular complexity index is 387. The molecule has 0 fully saturated rings. The van der Waals surface area contributed by atoms with Crippen molar-refractivity contribution in [3.05, 3.63) is 29.8 Å². The maximum atomic E-state index is 12.2. The monoisotopic (exact) mass is 265 g/mol. The molecule has 19 heavy (non-hydrogen) atoms. The number of methoxy groups -OCH3 is 2. The molecule has 1 rings (SSSR count). The predicted molar refractivity (Wildman–Crippen MR) is 75.5 cm³/mol. The molecule has 0 saturated heterocycles. The molecule has 0 aromatic heterocycles. The maximum absolute atomic E-state index is 12.2. The third-order valence-corrected chi connectivity index (χ3v) is 3.03. The number of ether oxygens (including phenoxy) is 2. The van der Waals surface area contributed by atoms with Crippen molar-refractivity contribution >= 4 is 5.91 Å². The largest absolute Gasteiger partial charge is 0.497 e. The van der Waals surface area contributed by atoms with Gasteiger partial charge in [-0.05, 0) is 23.6 Å². The number of amides is 1. The van der Waals surface area contributed by atoms with Gasteiger partial charge in [-0.2, -0.15) is 0 Å². The van der Waals surface area contributed by atoms with Gasteiger partial charge in [0.05, 0.1) is 19.6 Å². The number of hydrogen-bond donors (Lipinski definition) is 1. The number of rotatable bonds is 7. The molecule has 1 amide bonds. The Kier molecular flexibility index (Phi) is 6.36. The minimum Gasteiger partial charge on any atom is -0.497 e. The Labute approximate surface area is 115 Å². The van der Waals surface area contributed by atoms with Gasteiger partial charge in [-0.15, -0.1) is 0 Å². The summed E-state index contributed by atoms with van der Waals surface area (Å²) in [6.45, 7) is 5.16. The second-order valence-electron chi connectivity index (χ2n) is 4.78. The van der Waals surface area contributed by atoms with E-state index in [0.29, 0.717) is 13.2 Å².